The molecule has 0 aliphatic carbocycles. The second kappa shape index (κ2) is 6.63. The number of aromatic nitrogens is 1. The van der Waals surface area contributed by atoms with Crippen LogP contribution in [-0.2, 0) is 12.3 Å². The van der Waals surface area contributed by atoms with Crippen LogP contribution < -0.4 is 4.74 Å². The molecule has 2 rings (SSSR count). The minimum Gasteiger partial charge on any atom is -0.490 e. The van der Waals surface area contributed by atoms with E-state index in [1.807, 2.05) is 5.38 Å². The fourth-order valence-corrected chi connectivity index (χ4v) is 2.83. The molecule has 0 radical (unpaired) electrons. The predicted molar refractivity (Wildman–Crippen MR) is 74.9 cm³/mol. The molecule has 0 aliphatic heterocycles. The lowest BCUT2D eigenvalue weighted by Crippen LogP contribution is -2.03. The van der Waals surface area contributed by atoms with Crippen LogP contribution >= 0.6 is 38.9 Å². The number of halogens is 4. The topological polar surface area (TPSA) is 22.1 Å². The second-order valence-electron chi connectivity index (χ2n) is 3.66. The lowest BCUT2D eigenvalue weighted by atomic mass is 10.3. The van der Waals surface area contributed by atoms with E-state index in [2.05, 4.69) is 20.9 Å². The average Bonchev–Trinajstić information content (AvgIpc) is 2.83. The third-order valence-electron chi connectivity index (χ3n) is 2.27. The third-order valence-corrected chi connectivity index (χ3v) is 3.96. The molecule has 102 valence electrons. The maximum atomic E-state index is 13.4. The number of ether oxygens (including phenoxy) is 1. The minimum absolute atomic E-state index is 0.110. The van der Waals surface area contributed by atoms with Gasteiger partial charge in [-0.1, -0.05) is 15.9 Å². The van der Waals surface area contributed by atoms with Crippen LogP contribution in [0, 0.1) is 11.6 Å². The molecular weight excluding hydrogens is 360 g/mol. The molecule has 2 aromatic rings. The first-order valence-electron chi connectivity index (χ1n) is 5.36. The van der Waals surface area contributed by atoms with Crippen LogP contribution in [0.1, 0.15) is 10.7 Å². The maximum absolute atomic E-state index is 13.4. The molecule has 0 saturated carbocycles. The number of hydrogen-bond donors (Lipinski definition) is 0. The summed E-state index contributed by atoms with van der Waals surface area (Å²) in [5, 5.41) is 2.72. The summed E-state index contributed by atoms with van der Waals surface area (Å²) in [6.07, 6.45) is 0.523. The van der Waals surface area contributed by atoms with Gasteiger partial charge in [-0.05, 0) is 12.1 Å². The van der Waals surface area contributed by atoms with Crippen LogP contribution in [0.25, 0.3) is 0 Å². The molecule has 19 heavy (non-hydrogen) atoms. The molecule has 0 aliphatic rings. The minimum atomic E-state index is -0.983. The molecule has 0 spiro atoms. The summed E-state index contributed by atoms with van der Waals surface area (Å²) in [6.45, 7) is 0.224. The van der Waals surface area contributed by atoms with Crippen LogP contribution in [-0.4, -0.2) is 11.6 Å². The van der Waals surface area contributed by atoms with Crippen molar-refractivity contribution in [3.63, 3.8) is 0 Å². The van der Waals surface area contributed by atoms with Crippen molar-refractivity contribution in [1.82, 2.24) is 4.98 Å². The van der Waals surface area contributed by atoms with Gasteiger partial charge in [-0.3, -0.25) is 0 Å². The summed E-state index contributed by atoms with van der Waals surface area (Å²) in [5.41, 5.74) is 0.807. The molecule has 1 aromatic heterocycles. The summed E-state index contributed by atoms with van der Waals surface area (Å²) < 4.78 is 32.2. The van der Waals surface area contributed by atoms with Gasteiger partial charge in [0.1, 0.15) is 0 Å². The van der Waals surface area contributed by atoms with Crippen molar-refractivity contribution >= 4 is 38.9 Å². The van der Waals surface area contributed by atoms with Gasteiger partial charge in [0.25, 0.3) is 0 Å². The first-order valence-corrected chi connectivity index (χ1v) is 7.57. The number of alkyl halides is 1. The Labute approximate surface area is 126 Å². The highest BCUT2D eigenvalue weighted by molar-refractivity contribution is 9.10. The summed E-state index contributed by atoms with van der Waals surface area (Å²) in [5.74, 6) is -1.67. The Bertz CT molecular complexity index is 579. The fourth-order valence-electron chi connectivity index (χ4n) is 1.41. The number of hydrogen-bond acceptors (Lipinski definition) is 3. The number of benzene rings is 1. The molecule has 0 bridgehead atoms. The van der Waals surface area contributed by atoms with Gasteiger partial charge in [-0.25, -0.2) is 9.37 Å². The smallest absolute Gasteiger partial charge is 0.200 e. The van der Waals surface area contributed by atoms with E-state index in [4.69, 9.17) is 16.3 Å². The van der Waals surface area contributed by atoms with Gasteiger partial charge in [0.15, 0.2) is 11.6 Å². The molecule has 0 saturated heterocycles. The standard InChI is InChI=1S/C12H9BrClF2NOS/c13-7-3-9(15)12(16)10(4-7)18-2-1-11-17-8(5-14)6-19-11/h3-4,6H,1-2,5H2. The van der Waals surface area contributed by atoms with Crippen LogP contribution in [0.3, 0.4) is 0 Å². The van der Waals surface area contributed by atoms with E-state index in [0.29, 0.717) is 16.8 Å². The van der Waals surface area contributed by atoms with Gasteiger partial charge in [0.05, 0.1) is 23.2 Å². The highest BCUT2D eigenvalue weighted by atomic mass is 79.9. The summed E-state index contributed by atoms with van der Waals surface area (Å²) in [4.78, 5) is 4.25. The normalized spacial score (nSPS) is 10.7. The van der Waals surface area contributed by atoms with Crippen molar-refractivity contribution in [2.45, 2.75) is 12.3 Å². The Morgan fingerprint density at radius 1 is 1.37 bits per heavy atom. The van der Waals surface area contributed by atoms with E-state index >= 15 is 0 Å². The number of rotatable bonds is 5. The first kappa shape index (κ1) is 14.7. The van der Waals surface area contributed by atoms with Crippen molar-refractivity contribution in [1.29, 1.82) is 0 Å². The van der Waals surface area contributed by atoms with Gasteiger partial charge in [-0.15, -0.1) is 22.9 Å². The highest BCUT2D eigenvalue weighted by Crippen LogP contribution is 2.25. The quantitative estimate of drug-likeness (QED) is 0.571. The van der Waals surface area contributed by atoms with Gasteiger partial charge in [-0.2, -0.15) is 4.39 Å². The molecule has 1 heterocycles. The molecule has 1 aromatic carbocycles. The predicted octanol–water partition coefficient (Wildman–Crippen LogP) is 4.54. The number of thiazole rings is 1. The molecule has 0 N–H and O–H groups in total. The first-order chi connectivity index (χ1) is 9.10. The maximum Gasteiger partial charge on any atom is 0.200 e. The zero-order valence-electron chi connectivity index (χ0n) is 9.63. The highest BCUT2D eigenvalue weighted by Gasteiger charge is 2.11. The Kier molecular flexibility index (Phi) is 5.13. The monoisotopic (exact) mass is 367 g/mol. The van der Waals surface area contributed by atoms with E-state index in [-0.39, 0.29) is 12.4 Å². The molecule has 0 atom stereocenters. The Morgan fingerprint density at radius 2 is 2.16 bits per heavy atom. The lowest BCUT2D eigenvalue weighted by Gasteiger charge is -2.07. The Morgan fingerprint density at radius 3 is 2.84 bits per heavy atom. The van der Waals surface area contributed by atoms with Crippen molar-refractivity contribution in [3.05, 3.63) is 44.3 Å². The Balaban J connectivity index is 1.95. The van der Waals surface area contributed by atoms with E-state index in [1.165, 1.54) is 17.4 Å². The molecule has 7 heteroatoms. The van der Waals surface area contributed by atoms with Crippen LogP contribution in [0.4, 0.5) is 8.78 Å². The zero-order chi connectivity index (χ0) is 13.8. The second-order valence-corrected chi connectivity index (χ2v) is 5.79. The van der Waals surface area contributed by atoms with Crippen molar-refractivity contribution in [2.24, 2.45) is 0 Å². The Hall–Kier alpha value is -0.720. The van der Waals surface area contributed by atoms with E-state index in [9.17, 15) is 8.78 Å². The van der Waals surface area contributed by atoms with Crippen LogP contribution in [0.15, 0.2) is 22.0 Å². The summed E-state index contributed by atoms with van der Waals surface area (Å²) in [6, 6.07) is 2.44. The summed E-state index contributed by atoms with van der Waals surface area (Å²) in [7, 11) is 0. The largest absolute Gasteiger partial charge is 0.490 e. The average molecular weight is 369 g/mol. The van der Waals surface area contributed by atoms with Crippen LogP contribution in [0.5, 0.6) is 5.75 Å². The van der Waals surface area contributed by atoms with E-state index in [1.54, 1.807) is 0 Å². The molecule has 2 nitrogen and oxygen atoms in total. The molecular formula is C12H9BrClF2NOS. The van der Waals surface area contributed by atoms with Gasteiger partial charge < -0.3 is 4.74 Å². The van der Waals surface area contributed by atoms with Crippen molar-refractivity contribution in [3.8, 4) is 5.75 Å². The molecule has 0 fully saturated rings. The van der Waals surface area contributed by atoms with E-state index < -0.39 is 11.6 Å². The van der Waals surface area contributed by atoms with Gasteiger partial charge in [0, 0.05) is 16.3 Å². The van der Waals surface area contributed by atoms with Crippen molar-refractivity contribution in [2.75, 3.05) is 6.61 Å². The zero-order valence-corrected chi connectivity index (χ0v) is 12.8. The van der Waals surface area contributed by atoms with Crippen LogP contribution in [0.2, 0.25) is 0 Å². The fraction of sp³-hybridized carbons (Fsp3) is 0.250. The SMILES string of the molecule is Fc1cc(Br)cc(OCCc2nc(CCl)cs2)c1F. The summed E-state index contributed by atoms with van der Waals surface area (Å²) >= 11 is 10.2. The van der Waals surface area contributed by atoms with Gasteiger partial charge in [0.2, 0.25) is 5.82 Å². The van der Waals surface area contributed by atoms with Gasteiger partial charge >= 0.3 is 0 Å². The number of nitrogens with zero attached hydrogens (tertiary/aromatic N) is 1. The molecule has 0 unspecified atom stereocenters. The molecule has 0 amide bonds. The third kappa shape index (κ3) is 3.87. The van der Waals surface area contributed by atoms with Crippen molar-refractivity contribution < 1.29 is 13.5 Å². The van der Waals surface area contributed by atoms with E-state index in [0.717, 1.165) is 16.8 Å². The lowest BCUT2D eigenvalue weighted by molar-refractivity contribution is 0.298.